The molecule has 0 spiro atoms. The molecule has 9 heteroatoms. The number of nitrogens with zero attached hydrogens (tertiary/aromatic N) is 3. The Morgan fingerprint density at radius 2 is 1.63 bits per heavy atom. The molecule has 1 amide bonds. The van der Waals surface area contributed by atoms with E-state index >= 15 is 0 Å². The van der Waals surface area contributed by atoms with E-state index in [-0.39, 0.29) is 36.1 Å². The van der Waals surface area contributed by atoms with Crippen molar-refractivity contribution in [2.24, 2.45) is 0 Å². The minimum Gasteiger partial charge on any atom is -0.497 e. The minimum atomic E-state index is -0.746. The Bertz CT molecular complexity index is 1060. The number of amides is 1. The average molecular weight is 490 g/mol. The van der Waals surface area contributed by atoms with Gasteiger partial charge >= 0.3 is 0 Å². The number of aromatic nitrogens is 1. The maximum Gasteiger partial charge on any atom is 0.228 e. The molecule has 1 aromatic heterocycles. The Balaban J connectivity index is 1.54. The number of halogens is 2. The van der Waals surface area contributed by atoms with Crippen molar-refractivity contribution in [3.05, 3.63) is 47.2 Å². The number of carbonyl (C=O) groups excluding carboxylic acids is 1. The van der Waals surface area contributed by atoms with Crippen molar-refractivity contribution in [1.29, 1.82) is 0 Å². The van der Waals surface area contributed by atoms with Crippen LogP contribution in [0.4, 0.5) is 14.6 Å². The van der Waals surface area contributed by atoms with Gasteiger partial charge in [-0.2, -0.15) is 0 Å². The number of β-amino-alcohol motifs (C(OH)–C–C–N with tert-alkyl or cyclic N) is 1. The van der Waals surface area contributed by atoms with Gasteiger partial charge in [0.25, 0.3) is 0 Å². The first kappa shape index (κ1) is 25.3. The summed E-state index contributed by atoms with van der Waals surface area (Å²) in [5.74, 6) is -1.02. The van der Waals surface area contributed by atoms with Crippen molar-refractivity contribution in [3.8, 4) is 11.5 Å². The van der Waals surface area contributed by atoms with E-state index in [1.807, 2.05) is 6.07 Å². The fourth-order valence-corrected chi connectivity index (χ4v) is 5.10. The quantitative estimate of drug-likeness (QED) is 0.637. The summed E-state index contributed by atoms with van der Waals surface area (Å²) < 4.78 is 39.7. The van der Waals surface area contributed by atoms with Crippen molar-refractivity contribution in [3.63, 3.8) is 0 Å². The van der Waals surface area contributed by atoms with Crippen LogP contribution in [-0.2, 0) is 4.79 Å². The highest BCUT2D eigenvalue weighted by Crippen LogP contribution is 2.37. The summed E-state index contributed by atoms with van der Waals surface area (Å²) in [6.45, 7) is 6.02. The smallest absolute Gasteiger partial charge is 0.228 e. The number of hydrogen-bond acceptors (Lipinski definition) is 6. The zero-order valence-corrected chi connectivity index (χ0v) is 20.7. The number of pyridine rings is 1. The molecule has 1 aromatic carbocycles. The molecule has 3 heterocycles. The van der Waals surface area contributed by atoms with Gasteiger partial charge in [-0.15, -0.1) is 0 Å². The van der Waals surface area contributed by atoms with Gasteiger partial charge in [0.2, 0.25) is 5.91 Å². The number of aliphatic hydroxyl groups is 1. The molecule has 0 aliphatic carbocycles. The predicted octanol–water partition coefficient (Wildman–Crippen LogP) is 3.85. The van der Waals surface area contributed by atoms with Crippen LogP contribution in [0.15, 0.2) is 24.3 Å². The van der Waals surface area contributed by atoms with E-state index < -0.39 is 23.2 Å². The van der Waals surface area contributed by atoms with Gasteiger partial charge in [0, 0.05) is 66.9 Å². The van der Waals surface area contributed by atoms with Crippen LogP contribution < -0.4 is 14.4 Å². The Hall–Kier alpha value is -2.78. The molecule has 7 nitrogen and oxygen atoms in total. The lowest BCUT2D eigenvalue weighted by atomic mass is 9.92. The van der Waals surface area contributed by atoms with E-state index in [1.165, 1.54) is 12.0 Å². The molecule has 1 N–H and O–H groups in total. The molecule has 2 fully saturated rings. The molecule has 2 saturated heterocycles. The number of benzene rings is 1. The highest BCUT2D eigenvalue weighted by Gasteiger charge is 2.36. The van der Waals surface area contributed by atoms with Gasteiger partial charge in [0.15, 0.2) is 0 Å². The fourth-order valence-electron chi connectivity index (χ4n) is 5.10. The number of hydrogen-bond donors (Lipinski definition) is 1. The third-order valence-corrected chi connectivity index (χ3v) is 6.76. The Kier molecular flexibility index (Phi) is 7.28. The van der Waals surface area contributed by atoms with Crippen LogP contribution in [-0.4, -0.2) is 66.9 Å². The highest BCUT2D eigenvalue weighted by molar-refractivity contribution is 5.95. The number of ether oxygens (including phenoxy) is 2. The van der Waals surface area contributed by atoms with Crippen molar-refractivity contribution in [1.82, 2.24) is 9.88 Å². The number of anilines is 1. The molecular formula is C26H33F2N3O4. The van der Waals surface area contributed by atoms with Crippen LogP contribution in [0.5, 0.6) is 11.5 Å². The van der Waals surface area contributed by atoms with Crippen LogP contribution in [0.25, 0.3) is 0 Å². The van der Waals surface area contributed by atoms with Gasteiger partial charge < -0.3 is 19.5 Å². The van der Waals surface area contributed by atoms with E-state index in [4.69, 9.17) is 14.5 Å². The van der Waals surface area contributed by atoms with Crippen molar-refractivity contribution >= 4 is 11.7 Å². The number of piperidine rings is 1. The largest absolute Gasteiger partial charge is 0.497 e. The molecule has 190 valence electrons. The number of likely N-dealkylation sites (tertiary alicyclic amines) is 1. The van der Waals surface area contributed by atoms with E-state index in [1.54, 1.807) is 27.0 Å². The number of methoxy groups -OCH3 is 2. The summed E-state index contributed by atoms with van der Waals surface area (Å²) in [4.78, 5) is 21.4. The Morgan fingerprint density at radius 3 is 2.20 bits per heavy atom. The second kappa shape index (κ2) is 10.1. The lowest BCUT2D eigenvalue weighted by Gasteiger charge is -2.35. The molecule has 0 saturated carbocycles. The lowest BCUT2D eigenvalue weighted by molar-refractivity contribution is -0.117. The number of carbonyl (C=O) groups is 1. The molecule has 0 radical (unpaired) electrons. The van der Waals surface area contributed by atoms with Crippen molar-refractivity contribution in [2.75, 3.05) is 45.3 Å². The molecule has 35 heavy (non-hydrogen) atoms. The van der Waals surface area contributed by atoms with Crippen LogP contribution in [0.3, 0.4) is 0 Å². The normalized spacial score (nSPS) is 19.9. The standard InChI is InChI=1S/C26H33F2N3O4/c1-26(2,33)15-30-7-5-16(6-8-30)22-12-19(35-4)13-23(29-22)31-14-17(9-24(31)32)25-20(27)10-18(34-3)11-21(25)28/h10-13,16-17,33H,5-9,14-15H2,1-4H3/t17-/m0/s1. The van der Waals surface area contributed by atoms with Gasteiger partial charge in [-0.1, -0.05) is 0 Å². The summed E-state index contributed by atoms with van der Waals surface area (Å²) in [5.41, 5.74) is -0.0201. The van der Waals surface area contributed by atoms with Crippen molar-refractivity contribution in [2.45, 2.75) is 50.5 Å². The van der Waals surface area contributed by atoms with Crippen molar-refractivity contribution < 1.29 is 28.2 Å². The van der Waals surface area contributed by atoms with E-state index in [0.29, 0.717) is 18.1 Å². The summed E-state index contributed by atoms with van der Waals surface area (Å²) in [6.07, 6.45) is 1.73. The Labute approximate surface area is 204 Å². The van der Waals surface area contributed by atoms with Crippen LogP contribution in [0.2, 0.25) is 0 Å². The van der Waals surface area contributed by atoms with Gasteiger partial charge in [-0.3, -0.25) is 9.69 Å². The molecular weight excluding hydrogens is 456 g/mol. The van der Waals surface area contributed by atoms with Gasteiger partial charge in [0.1, 0.15) is 29.0 Å². The highest BCUT2D eigenvalue weighted by atomic mass is 19.1. The first-order chi connectivity index (χ1) is 16.6. The molecule has 2 aliphatic rings. The zero-order chi connectivity index (χ0) is 25.3. The molecule has 2 aromatic rings. The van der Waals surface area contributed by atoms with Crippen LogP contribution in [0, 0.1) is 11.6 Å². The van der Waals surface area contributed by atoms with Crippen LogP contribution in [0.1, 0.15) is 56.2 Å². The fraction of sp³-hybridized carbons (Fsp3) is 0.538. The second-order valence-corrected chi connectivity index (χ2v) is 10.1. The van der Waals surface area contributed by atoms with Gasteiger partial charge in [-0.05, 0) is 39.8 Å². The lowest BCUT2D eigenvalue weighted by Crippen LogP contribution is -2.42. The molecule has 0 bridgehead atoms. The molecule has 0 unspecified atom stereocenters. The van der Waals surface area contributed by atoms with Gasteiger partial charge in [-0.25, -0.2) is 13.8 Å². The summed E-state index contributed by atoms with van der Waals surface area (Å²) >= 11 is 0. The van der Waals surface area contributed by atoms with E-state index in [0.717, 1.165) is 43.8 Å². The topological polar surface area (TPSA) is 75.1 Å². The maximum atomic E-state index is 14.7. The SMILES string of the molecule is COc1cc(C2CCN(CC(C)(C)O)CC2)nc(N2C[C@@H](c3c(F)cc(OC)cc3F)CC2=O)c1. The first-order valence-corrected chi connectivity index (χ1v) is 11.9. The summed E-state index contributed by atoms with van der Waals surface area (Å²) in [6, 6.07) is 5.85. The average Bonchev–Trinajstić information content (AvgIpc) is 3.18. The molecule has 2 aliphatic heterocycles. The third kappa shape index (κ3) is 5.73. The first-order valence-electron chi connectivity index (χ1n) is 11.9. The minimum absolute atomic E-state index is 0.0102. The zero-order valence-electron chi connectivity index (χ0n) is 20.7. The summed E-state index contributed by atoms with van der Waals surface area (Å²) in [7, 11) is 2.91. The predicted molar refractivity (Wildman–Crippen MR) is 128 cm³/mol. The van der Waals surface area contributed by atoms with E-state index in [9.17, 15) is 18.7 Å². The monoisotopic (exact) mass is 489 g/mol. The molecule has 1 atom stereocenters. The van der Waals surface area contributed by atoms with E-state index in [2.05, 4.69) is 4.90 Å². The van der Waals surface area contributed by atoms with Gasteiger partial charge in [0.05, 0.1) is 19.8 Å². The number of rotatable bonds is 7. The Morgan fingerprint density at radius 1 is 1.03 bits per heavy atom. The van der Waals surface area contributed by atoms with Crippen LogP contribution >= 0.6 is 0 Å². The third-order valence-electron chi connectivity index (χ3n) is 6.76. The second-order valence-electron chi connectivity index (χ2n) is 10.1. The summed E-state index contributed by atoms with van der Waals surface area (Å²) in [5, 5.41) is 10.1. The maximum absolute atomic E-state index is 14.7. The molecule has 4 rings (SSSR count).